The number of halogens is 6. The van der Waals surface area contributed by atoms with Gasteiger partial charge in [0.2, 0.25) is 0 Å². The minimum atomic E-state index is -5.08. The van der Waals surface area contributed by atoms with Crippen LogP contribution in [-0.4, -0.2) is 56.3 Å². The van der Waals surface area contributed by atoms with Crippen molar-refractivity contribution in [2.75, 3.05) is 6.54 Å². The number of ether oxygens (including phenoxy) is 1. The standard InChI is InChI=1S/C21H21ClF2N4O4.C2HF3O2/c1-3-13(27-21(30)31)8-25-20(29)18-11(2)26-19-17(7-12(22)9-28(18)19)32-10-14-15(23)5-4-6-16(14)24;3-2(4,5)1(6)7/h4-7,9,13,27H,3,8,10H2,1-2H3,(H,25,29)(H,30,31);(H,6,7)/t13-;/m1./s1. The Balaban J connectivity index is 0.000000673. The van der Waals surface area contributed by atoms with Gasteiger partial charge in [-0.15, -0.1) is 0 Å². The molecule has 0 spiro atoms. The lowest BCUT2D eigenvalue weighted by atomic mass is 10.2. The van der Waals surface area contributed by atoms with Crippen molar-refractivity contribution in [2.45, 2.75) is 39.1 Å². The number of hydrogen-bond donors (Lipinski definition) is 4. The molecule has 10 nitrogen and oxygen atoms in total. The number of pyridine rings is 1. The number of hydrogen-bond acceptors (Lipinski definition) is 5. The van der Waals surface area contributed by atoms with Crippen molar-refractivity contribution in [2.24, 2.45) is 0 Å². The summed E-state index contributed by atoms with van der Waals surface area (Å²) in [6, 6.07) is 4.48. The average Bonchev–Trinajstić information content (AvgIpc) is 3.16. The van der Waals surface area contributed by atoms with Crippen LogP contribution in [0.4, 0.5) is 26.7 Å². The van der Waals surface area contributed by atoms with E-state index in [1.165, 1.54) is 22.7 Å². The Labute approximate surface area is 222 Å². The number of nitrogens with zero attached hydrogens (tertiary/aromatic N) is 2. The minimum Gasteiger partial charge on any atom is -0.485 e. The summed E-state index contributed by atoms with van der Waals surface area (Å²) >= 11 is 6.18. The number of nitrogens with one attached hydrogen (secondary N) is 2. The second kappa shape index (κ2) is 13.1. The summed E-state index contributed by atoms with van der Waals surface area (Å²) in [4.78, 5) is 36.9. The van der Waals surface area contributed by atoms with E-state index in [1.54, 1.807) is 13.8 Å². The Kier molecular flexibility index (Phi) is 10.4. The minimum absolute atomic E-state index is 0.0742. The quantitative estimate of drug-likeness (QED) is 0.286. The highest BCUT2D eigenvalue weighted by Crippen LogP contribution is 2.28. The van der Waals surface area contributed by atoms with Crippen molar-refractivity contribution in [3.05, 3.63) is 64.1 Å². The number of aliphatic carboxylic acids is 1. The molecule has 0 aliphatic rings. The van der Waals surface area contributed by atoms with E-state index in [9.17, 15) is 31.5 Å². The fraction of sp³-hybridized carbons (Fsp3) is 0.304. The first kappa shape index (κ1) is 31.1. The van der Waals surface area contributed by atoms with Gasteiger partial charge < -0.3 is 25.6 Å². The summed E-state index contributed by atoms with van der Waals surface area (Å²) in [6.45, 7) is 3.07. The molecule has 0 bridgehead atoms. The molecule has 3 rings (SSSR count). The molecule has 2 amide bonds. The summed E-state index contributed by atoms with van der Waals surface area (Å²) in [7, 11) is 0. The molecule has 0 radical (unpaired) electrons. The molecule has 39 heavy (non-hydrogen) atoms. The van der Waals surface area contributed by atoms with Crippen LogP contribution in [0.25, 0.3) is 5.65 Å². The van der Waals surface area contributed by atoms with E-state index in [1.807, 2.05) is 0 Å². The molecule has 212 valence electrons. The highest BCUT2D eigenvalue weighted by Gasteiger charge is 2.38. The number of benzene rings is 1. The van der Waals surface area contributed by atoms with E-state index in [2.05, 4.69) is 15.6 Å². The van der Waals surface area contributed by atoms with Crippen LogP contribution in [0, 0.1) is 18.6 Å². The second-order valence-electron chi connectivity index (χ2n) is 7.82. The number of amides is 2. The lowest BCUT2D eigenvalue weighted by Gasteiger charge is -2.15. The van der Waals surface area contributed by atoms with Gasteiger partial charge in [0.25, 0.3) is 5.91 Å². The monoisotopic (exact) mass is 580 g/mol. The van der Waals surface area contributed by atoms with E-state index < -0.39 is 48.4 Å². The maximum Gasteiger partial charge on any atom is 0.490 e. The van der Waals surface area contributed by atoms with Gasteiger partial charge in [-0.25, -0.2) is 23.4 Å². The molecule has 0 unspecified atom stereocenters. The Morgan fingerprint density at radius 1 is 1.18 bits per heavy atom. The van der Waals surface area contributed by atoms with Crippen molar-refractivity contribution in [3.63, 3.8) is 0 Å². The van der Waals surface area contributed by atoms with Crippen LogP contribution in [0.2, 0.25) is 5.02 Å². The van der Waals surface area contributed by atoms with Crippen LogP contribution in [-0.2, 0) is 11.4 Å². The second-order valence-corrected chi connectivity index (χ2v) is 8.25. The van der Waals surface area contributed by atoms with Crippen molar-refractivity contribution in [3.8, 4) is 5.75 Å². The maximum absolute atomic E-state index is 13.9. The Morgan fingerprint density at radius 3 is 2.28 bits per heavy atom. The number of carboxylic acids is 1. The maximum atomic E-state index is 13.9. The SMILES string of the molecule is CC[C@H](CNC(=O)c1c(C)nc2c(OCc3c(F)cccc3F)cc(Cl)cn12)NC(=O)O.O=C(O)C(F)(F)F. The van der Waals surface area contributed by atoms with Gasteiger partial charge in [-0.3, -0.25) is 9.20 Å². The molecule has 0 saturated heterocycles. The molecule has 0 aliphatic heterocycles. The summed E-state index contributed by atoms with van der Waals surface area (Å²) in [5.41, 5.74) is 0.536. The van der Waals surface area contributed by atoms with Gasteiger partial charge in [0, 0.05) is 24.8 Å². The molecule has 0 fully saturated rings. The van der Waals surface area contributed by atoms with E-state index in [0.717, 1.165) is 12.1 Å². The van der Waals surface area contributed by atoms with Gasteiger partial charge in [0.05, 0.1) is 16.3 Å². The zero-order chi connectivity index (χ0) is 29.5. The lowest BCUT2D eigenvalue weighted by molar-refractivity contribution is -0.192. The van der Waals surface area contributed by atoms with Crippen LogP contribution >= 0.6 is 11.6 Å². The molecule has 0 saturated carbocycles. The topological polar surface area (TPSA) is 142 Å². The zero-order valence-electron chi connectivity index (χ0n) is 20.3. The summed E-state index contributed by atoms with van der Waals surface area (Å²) in [5, 5.41) is 21.2. The van der Waals surface area contributed by atoms with Gasteiger partial charge in [-0.1, -0.05) is 24.6 Å². The number of carboxylic acid groups (broad SMARTS) is 2. The number of aromatic nitrogens is 2. The van der Waals surface area contributed by atoms with Crippen molar-refractivity contribution in [1.82, 2.24) is 20.0 Å². The number of carbonyl (C=O) groups excluding carboxylic acids is 1. The fourth-order valence-electron chi connectivity index (χ4n) is 3.17. The summed E-state index contributed by atoms with van der Waals surface area (Å²) < 4.78 is 66.6. The molecule has 2 aromatic heterocycles. The zero-order valence-corrected chi connectivity index (χ0v) is 21.0. The molecule has 4 N–H and O–H groups in total. The third-order valence-corrected chi connectivity index (χ3v) is 5.25. The normalized spacial score (nSPS) is 11.8. The van der Waals surface area contributed by atoms with Crippen molar-refractivity contribution < 1.29 is 51.3 Å². The number of carbonyl (C=O) groups is 3. The third kappa shape index (κ3) is 8.43. The largest absolute Gasteiger partial charge is 0.490 e. The first-order chi connectivity index (χ1) is 18.1. The van der Waals surface area contributed by atoms with Crippen LogP contribution in [0.15, 0.2) is 30.5 Å². The van der Waals surface area contributed by atoms with Crippen LogP contribution < -0.4 is 15.4 Å². The molecule has 0 aliphatic carbocycles. The number of fused-ring (bicyclic) bond motifs is 1. The predicted octanol–water partition coefficient (Wildman–Crippen LogP) is 4.56. The first-order valence-electron chi connectivity index (χ1n) is 11.0. The molecule has 1 aromatic carbocycles. The first-order valence-corrected chi connectivity index (χ1v) is 11.3. The van der Waals surface area contributed by atoms with Gasteiger partial charge in [0.1, 0.15) is 23.9 Å². The van der Waals surface area contributed by atoms with Crippen LogP contribution in [0.5, 0.6) is 5.75 Å². The Bertz CT molecular complexity index is 1340. The van der Waals surface area contributed by atoms with Gasteiger partial charge in [-0.05, 0) is 25.5 Å². The third-order valence-electron chi connectivity index (χ3n) is 5.05. The van der Waals surface area contributed by atoms with E-state index >= 15 is 0 Å². The molecule has 3 aromatic rings. The van der Waals surface area contributed by atoms with Crippen molar-refractivity contribution >= 4 is 35.2 Å². The fourth-order valence-corrected chi connectivity index (χ4v) is 3.36. The number of rotatable bonds is 8. The van der Waals surface area contributed by atoms with Gasteiger partial charge in [-0.2, -0.15) is 13.2 Å². The van der Waals surface area contributed by atoms with E-state index in [4.69, 9.17) is 31.3 Å². The Morgan fingerprint density at radius 2 is 1.77 bits per heavy atom. The molecular formula is C23H22ClF5N4O6. The predicted molar refractivity (Wildman–Crippen MR) is 127 cm³/mol. The summed E-state index contributed by atoms with van der Waals surface area (Å²) in [6.07, 6.45) is -4.32. The number of alkyl halides is 3. The number of imidazole rings is 1. The summed E-state index contributed by atoms with van der Waals surface area (Å²) in [5.74, 6) is -4.60. The molecule has 16 heteroatoms. The Hall–Kier alpha value is -4.14. The molecule has 2 heterocycles. The van der Waals surface area contributed by atoms with E-state index in [0.29, 0.717) is 12.1 Å². The highest BCUT2D eigenvalue weighted by atomic mass is 35.5. The van der Waals surface area contributed by atoms with E-state index in [-0.39, 0.29) is 34.2 Å². The number of aryl methyl sites for hydroxylation is 1. The van der Waals surface area contributed by atoms with Crippen molar-refractivity contribution in [1.29, 1.82) is 0 Å². The smallest absolute Gasteiger partial charge is 0.485 e. The van der Waals surface area contributed by atoms with Gasteiger partial charge >= 0.3 is 18.2 Å². The van der Waals surface area contributed by atoms with Gasteiger partial charge in [0.15, 0.2) is 11.4 Å². The van der Waals surface area contributed by atoms with Crippen LogP contribution in [0.3, 0.4) is 0 Å². The molecule has 1 atom stereocenters. The van der Waals surface area contributed by atoms with Crippen LogP contribution in [0.1, 0.15) is 35.1 Å². The molecular weight excluding hydrogens is 559 g/mol. The highest BCUT2D eigenvalue weighted by molar-refractivity contribution is 6.30. The lowest BCUT2D eigenvalue weighted by Crippen LogP contribution is -2.43. The average molecular weight is 581 g/mol.